The van der Waals surface area contributed by atoms with Gasteiger partial charge < -0.3 is 25.0 Å². The summed E-state index contributed by atoms with van der Waals surface area (Å²) in [7, 11) is 0. The van der Waals surface area contributed by atoms with Crippen molar-refractivity contribution in [3.63, 3.8) is 0 Å². The van der Waals surface area contributed by atoms with Gasteiger partial charge in [0.05, 0.1) is 23.3 Å². The van der Waals surface area contributed by atoms with Crippen molar-refractivity contribution in [3.05, 3.63) is 57.8 Å². The number of aliphatic hydroxyl groups is 1. The maximum Gasteiger partial charge on any atom is 0.404 e. The fraction of sp³-hybridized carbons (Fsp3) is 0.364. The van der Waals surface area contributed by atoms with Crippen molar-refractivity contribution in [2.45, 2.75) is 32.9 Å². The highest BCUT2D eigenvalue weighted by atomic mass is 35.5. The summed E-state index contributed by atoms with van der Waals surface area (Å²) in [5.74, 6) is 0.456. The number of nitrogens with two attached hydrogens (primary N) is 1. The van der Waals surface area contributed by atoms with Crippen LogP contribution in [0.25, 0.3) is 11.0 Å². The van der Waals surface area contributed by atoms with Gasteiger partial charge in [-0.25, -0.2) is 9.78 Å². The minimum absolute atomic E-state index is 0.166. The molecule has 0 aliphatic rings. The van der Waals surface area contributed by atoms with Crippen LogP contribution < -0.4 is 10.6 Å². The van der Waals surface area contributed by atoms with E-state index in [4.69, 9.17) is 38.7 Å². The third-order valence-electron chi connectivity index (χ3n) is 5.15. The molecule has 1 amide bonds. The minimum Gasteiger partial charge on any atom is -0.450 e. The lowest BCUT2D eigenvalue weighted by molar-refractivity contribution is 0.153. The molecule has 1 heterocycles. The standard InChI is InChI=1S/C22H26Cl2N4O3/c1-3-27(4-2)18-8-5-7-17-19(18)28(11-6-12-31-22(25)30)21(26-17)20(29)15-10-9-14(23)13-16(15)24/h5,7-10,13,20,29H,3-4,6,11-12H2,1-2H3,(H2,25,30). The third kappa shape index (κ3) is 5.06. The van der Waals surface area contributed by atoms with Gasteiger partial charge in [0.2, 0.25) is 0 Å². The number of nitrogens with zero attached hydrogens (tertiary/aromatic N) is 3. The molecule has 0 aliphatic carbocycles. The van der Waals surface area contributed by atoms with E-state index in [1.165, 1.54) is 0 Å². The number of anilines is 1. The normalized spacial score (nSPS) is 12.2. The molecule has 3 rings (SSSR count). The lowest BCUT2D eigenvalue weighted by Gasteiger charge is -2.23. The van der Waals surface area contributed by atoms with Crippen molar-refractivity contribution in [3.8, 4) is 0 Å². The molecule has 0 bridgehead atoms. The molecule has 2 aromatic carbocycles. The molecule has 3 N–H and O–H groups in total. The van der Waals surface area contributed by atoms with Gasteiger partial charge in [0.15, 0.2) is 0 Å². The van der Waals surface area contributed by atoms with Crippen molar-refractivity contribution >= 4 is 46.0 Å². The number of imidazole rings is 1. The number of carbonyl (C=O) groups excluding carboxylic acids is 1. The van der Waals surface area contributed by atoms with Gasteiger partial charge in [-0.15, -0.1) is 0 Å². The van der Waals surface area contributed by atoms with E-state index in [0.29, 0.717) is 34.4 Å². The summed E-state index contributed by atoms with van der Waals surface area (Å²) >= 11 is 12.4. The second-order valence-electron chi connectivity index (χ2n) is 7.03. The number of amides is 1. The predicted molar refractivity (Wildman–Crippen MR) is 124 cm³/mol. The second kappa shape index (κ2) is 10.2. The monoisotopic (exact) mass is 464 g/mol. The van der Waals surface area contributed by atoms with Crippen LogP contribution in [0.15, 0.2) is 36.4 Å². The Morgan fingerprint density at radius 2 is 2.00 bits per heavy atom. The first-order valence-electron chi connectivity index (χ1n) is 10.2. The highest BCUT2D eigenvalue weighted by Crippen LogP contribution is 2.35. The van der Waals surface area contributed by atoms with Gasteiger partial charge in [0, 0.05) is 35.2 Å². The summed E-state index contributed by atoms with van der Waals surface area (Å²) in [5.41, 5.74) is 8.28. The topological polar surface area (TPSA) is 93.6 Å². The Balaban J connectivity index is 2.11. The molecule has 1 aromatic heterocycles. The van der Waals surface area contributed by atoms with E-state index in [9.17, 15) is 9.90 Å². The number of aromatic nitrogens is 2. The van der Waals surface area contributed by atoms with Gasteiger partial charge in [0.1, 0.15) is 11.9 Å². The average Bonchev–Trinajstić information content (AvgIpc) is 3.11. The van der Waals surface area contributed by atoms with E-state index < -0.39 is 12.2 Å². The van der Waals surface area contributed by atoms with E-state index in [0.717, 1.165) is 29.8 Å². The van der Waals surface area contributed by atoms with Crippen LogP contribution in [0, 0.1) is 0 Å². The average molecular weight is 465 g/mol. The predicted octanol–water partition coefficient (Wildman–Crippen LogP) is 4.76. The number of para-hydroxylation sites is 1. The summed E-state index contributed by atoms with van der Waals surface area (Å²) in [5, 5.41) is 12.1. The SMILES string of the molecule is CCN(CC)c1cccc2nc(C(O)c3ccc(Cl)cc3Cl)n(CCCOC(N)=O)c12. The zero-order valence-electron chi connectivity index (χ0n) is 17.5. The Bertz CT molecular complexity index is 1070. The van der Waals surface area contributed by atoms with E-state index in [-0.39, 0.29) is 6.61 Å². The summed E-state index contributed by atoms with van der Waals surface area (Å²) < 4.78 is 6.85. The zero-order chi connectivity index (χ0) is 22.5. The van der Waals surface area contributed by atoms with E-state index >= 15 is 0 Å². The number of carbonyl (C=O) groups is 1. The van der Waals surface area contributed by atoms with Crippen LogP contribution in [0.1, 0.15) is 37.8 Å². The molecular weight excluding hydrogens is 439 g/mol. The van der Waals surface area contributed by atoms with Crippen LogP contribution in [-0.2, 0) is 11.3 Å². The van der Waals surface area contributed by atoms with Gasteiger partial charge in [-0.05, 0) is 44.5 Å². The molecule has 7 nitrogen and oxygen atoms in total. The third-order valence-corrected chi connectivity index (χ3v) is 5.71. The summed E-state index contributed by atoms with van der Waals surface area (Å²) in [6.45, 7) is 6.47. The molecule has 3 aromatic rings. The molecule has 1 atom stereocenters. The number of hydrogen-bond donors (Lipinski definition) is 2. The van der Waals surface area contributed by atoms with E-state index in [1.54, 1.807) is 18.2 Å². The fourth-order valence-electron chi connectivity index (χ4n) is 3.70. The van der Waals surface area contributed by atoms with Crippen LogP contribution in [-0.4, -0.2) is 40.4 Å². The number of primary amides is 1. The number of benzene rings is 2. The lowest BCUT2D eigenvalue weighted by atomic mass is 10.1. The summed E-state index contributed by atoms with van der Waals surface area (Å²) in [6, 6.07) is 10.9. The number of aryl methyl sites for hydroxylation is 1. The molecule has 0 saturated carbocycles. The maximum atomic E-state index is 11.2. The van der Waals surface area contributed by atoms with Crippen LogP contribution in [0.2, 0.25) is 10.0 Å². The molecule has 0 fully saturated rings. The molecule has 166 valence electrons. The number of ether oxygens (including phenoxy) is 1. The number of aliphatic hydroxyl groups excluding tert-OH is 1. The Morgan fingerprint density at radius 3 is 2.65 bits per heavy atom. The Hall–Kier alpha value is -2.48. The molecule has 0 radical (unpaired) electrons. The largest absolute Gasteiger partial charge is 0.450 e. The van der Waals surface area contributed by atoms with Gasteiger partial charge in [-0.1, -0.05) is 35.3 Å². The minimum atomic E-state index is -1.06. The first kappa shape index (κ1) is 23.2. The van der Waals surface area contributed by atoms with Crippen LogP contribution in [0.4, 0.5) is 10.5 Å². The van der Waals surface area contributed by atoms with Gasteiger partial charge in [-0.2, -0.15) is 0 Å². The van der Waals surface area contributed by atoms with Crippen molar-refractivity contribution < 1.29 is 14.6 Å². The van der Waals surface area contributed by atoms with Crippen molar-refractivity contribution in [2.75, 3.05) is 24.6 Å². The second-order valence-corrected chi connectivity index (χ2v) is 7.87. The Labute approximate surface area is 191 Å². The molecule has 31 heavy (non-hydrogen) atoms. The van der Waals surface area contributed by atoms with Crippen molar-refractivity contribution in [1.29, 1.82) is 0 Å². The Morgan fingerprint density at radius 1 is 1.26 bits per heavy atom. The van der Waals surface area contributed by atoms with Gasteiger partial charge in [0.25, 0.3) is 0 Å². The molecule has 0 spiro atoms. The fourth-order valence-corrected chi connectivity index (χ4v) is 4.21. The van der Waals surface area contributed by atoms with Crippen LogP contribution in [0.5, 0.6) is 0 Å². The van der Waals surface area contributed by atoms with E-state index in [2.05, 4.69) is 18.7 Å². The molecular formula is C22H26Cl2N4O3. The number of halogens is 2. The number of hydrogen-bond acceptors (Lipinski definition) is 5. The molecule has 1 unspecified atom stereocenters. The highest BCUT2D eigenvalue weighted by Gasteiger charge is 2.24. The zero-order valence-corrected chi connectivity index (χ0v) is 19.0. The molecule has 0 saturated heterocycles. The number of rotatable bonds is 9. The smallest absolute Gasteiger partial charge is 0.404 e. The lowest BCUT2D eigenvalue weighted by Crippen LogP contribution is -2.23. The van der Waals surface area contributed by atoms with E-state index in [1.807, 2.05) is 22.8 Å². The van der Waals surface area contributed by atoms with Crippen molar-refractivity contribution in [2.24, 2.45) is 5.73 Å². The van der Waals surface area contributed by atoms with Crippen molar-refractivity contribution in [1.82, 2.24) is 9.55 Å². The summed E-state index contributed by atoms with van der Waals surface area (Å²) in [4.78, 5) is 17.9. The summed E-state index contributed by atoms with van der Waals surface area (Å²) in [6.07, 6.45) is -1.36. The first-order chi connectivity index (χ1) is 14.9. The first-order valence-corrected chi connectivity index (χ1v) is 10.9. The molecule has 0 aliphatic heterocycles. The highest BCUT2D eigenvalue weighted by molar-refractivity contribution is 6.35. The Kier molecular flexibility index (Phi) is 7.64. The number of fused-ring (bicyclic) bond motifs is 1. The van der Waals surface area contributed by atoms with Crippen LogP contribution in [0.3, 0.4) is 0 Å². The maximum absolute atomic E-state index is 11.2. The quantitative estimate of drug-likeness (QED) is 0.445. The molecule has 9 heteroatoms. The van der Waals surface area contributed by atoms with Gasteiger partial charge >= 0.3 is 6.09 Å². The van der Waals surface area contributed by atoms with Crippen LogP contribution >= 0.6 is 23.2 Å². The van der Waals surface area contributed by atoms with Gasteiger partial charge in [-0.3, -0.25) is 0 Å².